The molecule has 0 amide bonds. The average Bonchev–Trinajstić information content (AvgIpc) is 2.67. The van der Waals surface area contributed by atoms with Crippen molar-refractivity contribution in [3.8, 4) is 12.3 Å². The molecule has 0 aromatic carbocycles. The number of aromatic carboxylic acids is 1. The Labute approximate surface area is 97.5 Å². The van der Waals surface area contributed by atoms with E-state index in [-0.39, 0.29) is 11.7 Å². The first-order valence-corrected chi connectivity index (χ1v) is 5.43. The lowest BCUT2D eigenvalue weighted by Crippen LogP contribution is -2.24. The van der Waals surface area contributed by atoms with Crippen LogP contribution in [0.3, 0.4) is 0 Å². The lowest BCUT2D eigenvalue weighted by atomic mass is 10.2. The first-order valence-electron chi connectivity index (χ1n) is 4.55. The standard InChI is InChI=1S/C10H12N2O3S/c1-3-4-7(5-15-2)11-10-12-8(6-16-10)9(13)14/h1,6-7H,4-5H2,2H3,(H,11,12)(H,13,14). The number of thiazole rings is 1. The summed E-state index contributed by atoms with van der Waals surface area (Å²) in [6, 6.07) is -0.0530. The summed E-state index contributed by atoms with van der Waals surface area (Å²) in [5, 5.41) is 13.7. The number of hydrogen-bond donors (Lipinski definition) is 2. The van der Waals surface area contributed by atoms with Gasteiger partial charge in [0.2, 0.25) is 0 Å². The van der Waals surface area contributed by atoms with Gasteiger partial charge in [0.25, 0.3) is 0 Å². The number of terminal acetylenes is 1. The third-order valence-corrected chi connectivity index (χ3v) is 2.56. The molecule has 1 atom stereocenters. The van der Waals surface area contributed by atoms with Gasteiger partial charge in [-0.25, -0.2) is 9.78 Å². The predicted molar refractivity (Wildman–Crippen MR) is 61.8 cm³/mol. The topological polar surface area (TPSA) is 71.5 Å². The van der Waals surface area contributed by atoms with Crippen molar-refractivity contribution in [2.75, 3.05) is 19.0 Å². The van der Waals surface area contributed by atoms with Gasteiger partial charge in [-0.2, -0.15) is 0 Å². The molecule has 2 N–H and O–H groups in total. The highest BCUT2D eigenvalue weighted by Crippen LogP contribution is 2.17. The zero-order chi connectivity index (χ0) is 12.0. The van der Waals surface area contributed by atoms with Crippen LogP contribution in [0.1, 0.15) is 16.9 Å². The van der Waals surface area contributed by atoms with Gasteiger partial charge in [-0.15, -0.1) is 23.7 Å². The summed E-state index contributed by atoms with van der Waals surface area (Å²) in [4.78, 5) is 14.5. The summed E-state index contributed by atoms with van der Waals surface area (Å²) in [6.45, 7) is 0.451. The van der Waals surface area contributed by atoms with E-state index in [0.717, 1.165) is 0 Å². The van der Waals surface area contributed by atoms with Gasteiger partial charge in [-0.05, 0) is 0 Å². The number of anilines is 1. The molecule has 0 saturated heterocycles. The number of carbonyl (C=O) groups is 1. The fourth-order valence-corrected chi connectivity index (χ4v) is 1.87. The molecule has 1 rings (SSSR count). The maximum Gasteiger partial charge on any atom is 0.355 e. The fourth-order valence-electron chi connectivity index (χ4n) is 1.11. The number of aromatic nitrogens is 1. The SMILES string of the molecule is C#CCC(COC)Nc1nc(C(=O)O)cs1. The van der Waals surface area contributed by atoms with Crippen LogP contribution in [-0.4, -0.2) is 35.8 Å². The van der Waals surface area contributed by atoms with Crippen LogP contribution in [-0.2, 0) is 4.74 Å². The lowest BCUT2D eigenvalue weighted by molar-refractivity contribution is 0.0691. The Balaban J connectivity index is 2.62. The van der Waals surface area contributed by atoms with E-state index in [2.05, 4.69) is 16.2 Å². The number of carboxylic acids is 1. The van der Waals surface area contributed by atoms with Crippen molar-refractivity contribution in [3.05, 3.63) is 11.1 Å². The summed E-state index contributed by atoms with van der Waals surface area (Å²) >= 11 is 1.23. The highest BCUT2D eigenvalue weighted by molar-refractivity contribution is 7.13. The van der Waals surface area contributed by atoms with E-state index in [4.69, 9.17) is 16.3 Å². The fraction of sp³-hybridized carbons (Fsp3) is 0.400. The molecule has 5 nitrogen and oxygen atoms in total. The molecule has 6 heteroatoms. The van der Waals surface area contributed by atoms with Crippen LogP contribution < -0.4 is 5.32 Å². The molecule has 1 aromatic rings. The number of methoxy groups -OCH3 is 1. The highest BCUT2D eigenvalue weighted by Gasteiger charge is 2.12. The molecule has 0 saturated carbocycles. The Morgan fingerprint density at radius 2 is 2.62 bits per heavy atom. The number of hydrogen-bond acceptors (Lipinski definition) is 5. The molecule has 1 heterocycles. The summed E-state index contributed by atoms with van der Waals surface area (Å²) in [5.74, 6) is 1.48. The van der Waals surface area contributed by atoms with Crippen LogP contribution >= 0.6 is 11.3 Å². The minimum atomic E-state index is -1.04. The largest absolute Gasteiger partial charge is 0.476 e. The van der Waals surface area contributed by atoms with Crippen LogP contribution in [0, 0.1) is 12.3 Å². The Morgan fingerprint density at radius 1 is 1.88 bits per heavy atom. The summed E-state index contributed by atoms with van der Waals surface area (Å²) in [5.41, 5.74) is 0.0318. The van der Waals surface area contributed by atoms with Crippen molar-refractivity contribution >= 4 is 22.4 Å². The highest BCUT2D eigenvalue weighted by atomic mass is 32.1. The molecule has 1 aromatic heterocycles. The van der Waals surface area contributed by atoms with Gasteiger partial charge in [0.15, 0.2) is 10.8 Å². The first-order chi connectivity index (χ1) is 7.67. The van der Waals surface area contributed by atoms with Crippen molar-refractivity contribution in [2.24, 2.45) is 0 Å². The minimum Gasteiger partial charge on any atom is -0.476 e. The predicted octanol–water partition coefficient (Wildman–Crippen LogP) is 1.29. The molecular weight excluding hydrogens is 228 g/mol. The van der Waals surface area contributed by atoms with Crippen LogP contribution in [0.15, 0.2) is 5.38 Å². The molecular formula is C10H12N2O3S. The Morgan fingerprint density at radius 3 is 3.12 bits per heavy atom. The number of rotatable bonds is 6. The summed E-state index contributed by atoms with van der Waals surface area (Å²) in [7, 11) is 1.58. The van der Waals surface area contributed by atoms with Crippen molar-refractivity contribution in [3.63, 3.8) is 0 Å². The van der Waals surface area contributed by atoms with E-state index in [1.54, 1.807) is 7.11 Å². The van der Waals surface area contributed by atoms with Crippen molar-refractivity contribution in [2.45, 2.75) is 12.5 Å². The molecule has 0 aliphatic rings. The quantitative estimate of drug-likeness (QED) is 0.733. The normalized spacial score (nSPS) is 11.8. The molecule has 86 valence electrons. The first kappa shape index (κ1) is 12.5. The number of nitrogens with one attached hydrogen (secondary N) is 1. The maximum absolute atomic E-state index is 10.6. The molecule has 1 unspecified atom stereocenters. The van der Waals surface area contributed by atoms with Gasteiger partial charge >= 0.3 is 5.97 Å². The van der Waals surface area contributed by atoms with E-state index < -0.39 is 5.97 Å². The molecule has 0 bridgehead atoms. The van der Waals surface area contributed by atoms with Crippen molar-refractivity contribution in [1.82, 2.24) is 4.98 Å². The van der Waals surface area contributed by atoms with Gasteiger partial charge < -0.3 is 15.2 Å². The van der Waals surface area contributed by atoms with E-state index in [0.29, 0.717) is 18.2 Å². The second kappa shape index (κ2) is 6.10. The van der Waals surface area contributed by atoms with Gasteiger partial charge in [-0.1, -0.05) is 0 Å². The van der Waals surface area contributed by atoms with Crippen molar-refractivity contribution in [1.29, 1.82) is 0 Å². The van der Waals surface area contributed by atoms with Gasteiger partial charge in [0.05, 0.1) is 12.6 Å². The molecule has 0 radical (unpaired) electrons. The van der Waals surface area contributed by atoms with Gasteiger partial charge in [0.1, 0.15) is 0 Å². The Kier molecular flexibility index (Phi) is 4.76. The van der Waals surface area contributed by atoms with Crippen LogP contribution in [0.25, 0.3) is 0 Å². The number of carboxylic acid groups (broad SMARTS) is 1. The molecule has 0 spiro atoms. The van der Waals surface area contributed by atoms with Crippen LogP contribution in [0.4, 0.5) is 5.13 Å². The Bertz CT molecular complexity index is 397. The van der Waals surface area contributed by atoms with Crippen LogP contribution in [0.5, 0.6) is 0 Å². The maximum atomic E-state index is 10.6. The third kappa shape index (κ3) is 3.53. The van der Waals surface area contributed by atoms with E-state index in [1.165, 1.54) is 16.7 Å². The average molecular weight is 240 g/mol. The molecule has 0 aliphatic heterocycles. The van der Waals surface area contributed by atoms with E-state index in [9.17, 15) is 4.79 Å². The third-order valence-electron chi connectivity index (χ3n) is 1.78. The molecule has 0 aliphatic carbocycles. The second-order valence-corrected chi connectivity index (χ2v) is 3.91. The van der Waals surface area contributed by atoms with Gasteiger partial charge in [0, 0.05) is 18.9 Å². The zero-order valence-electron chi connectivity index (χ0n) is 8.77. The monoisotopic (exact) mass is 240 g/mol. The van der Waals surface area contributed by atoms with Crippen LogP contribution in [0.2, 0.25) is 0 Å². The molecule has 16 heavy (non-hydrogen) atoms. The van der Waals surface area contributed by atoms with Gasteiger partial charge in [-0.3, -0.25) is 0 Å². The van der Waals surface area contributed by atoms with E-state index >= 15 is 0 Å². The Hall–Kier alpha value is -1.58. The van der Waals surface area contributed by atoms with E-state index in [1.807, 2.05) is 0 Å². The summed E-state index contributed by atoms with van der Waals surface area (Å²) in [6.07, 6.45) is 5.71. The number of nitrogens with zero attached hydrogens (tertiary/aromatic N) is 1. The lowest BCUT2D eigenvalue weighted by Gasteiger charge is -2.13. The second-order valence-electron chi connectivity index (χ2n) is 3.05. The number of ether oxygens (including phenoxy) is 1. The smallest absolute Gasteiger partial charge is 0.355 e. The molecule has 0 fully saturated rings. The van der Waals surface area contributed by atoms with Crippen molar-refractivity contribution < 1.29 is 14.6 Å². The summed E-state index contributed by atoms with van der Waals surface area (Å²) < 4.78 is 4.99. The minimum absolute atomic E-state index is 0.0318. The zero-order valence-corrected chi connectivity index (χ0v) is 9.58.